The summed E-state index contributed by atoms with van der Waals surface area (Å²) in [6.07, 6.45) is 64.7. The average Bonchev–Trinajstić information content (AvgIpc) is 3.53. The number of hydrogen-bond acceptors (Lipinski definition) is 0. The third-order valence-electron chi connectivity index (χ3n) is 10.3. The third-order valence-corrected chi connectivity index (χ3v) is 10.3. The van der Waals surface area contributed by atoms with Gasteiger partial charge in [0.1, 0.15) is 0 Å². The molecule has 1 heteroatoms. The summed E-state index contributed by atoms with van der Waals surface area (Å²) in [6, 6.07) is 0. The molecule has 0 atom stereocenters. The molecule has 0 spiro atoms. The van der Waals surface area contributed by atoms with Gasteiger partial charge in [-0.1, -0.05) is 238 Å². The molecule has 1 aliphatic heterocycles. The van der Waals surface area contributed by atoms with Gasteiger partial charge in [0.2, 0.25) is 0 Å². The third kappa shape index (κ3) is 31.8. The number of allylic oxidation sites excluding steroid dienone is 6. The highest BCUT2D eigenvalue weighted by Crippen LogP contribution is 2.18. The monoisotopic (exact) mass is 651 g/mol. The Bertz CT molecular complexity index is 740. The van der Waals surface area contributed by atoms with Gasteiger partial charge < -0.3 is 0 Å². The zero-order chi connectivity index (χ0) is 33.6. The van der Waals surface area contributed by atoms with Crippen LogP contribution in [0.5, 0.6) is 0 Å². The topological polar surface area (TPSA) is 14.1 Å². The Morgan fingerprint density at radius 1 is 0.362 bits per heavy atom. The van der Waals surface area contributed by atoms with E-state index < -0.39 is 0 Å². The highest BCUT2D eigenvalue weighted by molar-refractivity contribution is 5.44. The molecule has 1 rings (SSSR count). The van der Waals surface area contributed by atoms with E-state index in [1.165, 1.54) is 237 Å². The normalized spacial score (nSPS) is 13.2. The van der Waals surface area contributed by atoms with Crippen molar-refractivity contribution < 1.29 is 0 Å². The predicted octanol–water partition coefficient (Wildman–Crippen LogP) is 16.6. The summed E-state index contributed by atoms with van der Waals surface area (Å²) < 4.78 is 0. The van der Waals surface area contributed by atoms with E-state index in [1.54, 1.807) is 0 Å². The summed E-state index contributed by atoms with van der Waals surface area (Å²) in [7, 11) is 0. The smallest absolute Gasteiger partial charge is 0.0699 e. The van der Waals surface area contributed by atoms with Crippen LogP contribution in [0, 0.1) is 0 Å². The van der Waals surface area contributed by atoms with E-state index in [-0.39, 0.29) is 0 Å². The first kappa shape index (κ1) is 43.8. The molecule has 0 aromatic carbocycles. The SMILES string of the molecule is CCCCCCCCCCCCCCCCCCC/C=C/C1=C(/C=C/CCCCCCCCCCCCCCCCCCC)[N]C=C1. The molecule has 1 aliphatic rings. The van der Waals surface area contributed by atoms with E-state index in [1.807, 2.05) is 6.20 Å². The van der Waals surface area contributed by atoms with Gasteiger partial charge in [0.25, 0.3) is 0 Å². The molecule has 0 aromatic rings. The van der Waals surface area contributed by atoms with Crippen molar-refractivity contribution in [3.05, 3.63) is 47.9 Å². The second-order valence-corrected chi connectivity index (χ2v) is 15.0. The van der Waals surface area contributed by atoms with Crippen LogP contribution < -0.4 is 5.32 Å². The zero-order valence-electron chi connectivity index (χ0n) is 32.4. The van der Waals surface area contributed by atoms with Crippen LogP contribution in [-0.4, -0.2) is 0 Å². The first-order valence-electron chi connectivity index (χ1n) is 21.8. The first-order chi connectivity index (χ1) is 23.4. The van der Waals surface area contributed by atoms with Crippen molar-refractivity contribution in [1.29, 1.82) is 0 Å². The van der Waals surface area contributed by atoms with Crippen LogP contribution in [0.25, 0.3) is 0 Å². The molecule has 1 radical (unpaired) electrons. The number of rotatable bonds is 38. The van der Waals surface area contributed by atoms with Crippen LogP contribution in [0.3, 0.4) is 0 Å². The molecule has 0 N–H and O–H groups in total. The molecule has 0 bridgehead atoms. The van der Waals surface area contributed by atoms with Gasteiger partial charge in [0.05, 0.1) is 5.70 Å². The fourth-order valence-corrected chi connectivity index (χ4v) is 7.02. The fourth-order valence-electron chi connectivity index (χ4n) is 7.02. The van der Waals surface area contributed by atoms with Crippen molar-refractivity contribution in [2.75, 3.05) is 0 Å². The molecule has 0 aliphatic carbocycles. The van der Waals surface area contributed by atoms with Crippen molar-refractivity contribution in [2.45, 2.75) is 245 Å². The Morgan fingerprint density at radius 2 is 0.638 bits per heavy atom. The summed E-state index contributed by atoms with van der Waals surface area (Å²) in [6.45, 7) is 4.61. The maximum atomic E-state index is 4.60. The Kier molecular flexibility index (Phi) is 35.0. The largest absolute Gasteiger partial charge is 0.256 e. The molecular weight excluding hydrogens is 567 g/mol. The lowest BCUT2D eigenvalue weighted by Gasteiger charge is -2.03. The Morgan fingerprint density at radius 3 is 0.957 bits per heavy atom. The highest BCUT2D eigenvalue weighted by atomic mass is 14.9. The second-order valence-electron chi connectivity index (χ2n) is 15.0. The van der Waals surface area contributed by atoms with E-state index >= 15 is 0 Å². The molecule has 1 nitrogen and oxygen atoms in total. The van der Waals surface area contributed by atoms with Crippen LogP contribution in [0.1, 0.15) is 245 Å². The molecule has 1 heterocycles. The van der Waals surface area contributed by atoms with Crippen LogP contribution in [0.15, 0.2) is 47.9 Å². The van der Waals surface area contributed by atoms with Crippen LogP contribution in [0.4, 0.5) is 0 Å². The molecule has 0 unspecified atom stereocenters. The molecular formula is C46H84N. The van der Waals surface area contributed by atoms with Crippen molar-refractivity contribution in [2.24, 2.45) is 0 Å². The van der Waals surface area contributed by atoms with E-state index in [2.05, 4.69) is 49.5 Å². The molecule has 0 saturated carbocycles. The lowest BCUT2D eigenvalue weighted by molar-refractivity contribution is 0.527. The summed E-state index contributed by atoms with van der Waals surface area (Å²) >= 11 is 0. The molecule has 0 amide bonds. The Hall–Kier alpha value is -1.24. The number of unbranched alkanes of at least 4 members (excludes halogenated alkanes) is 34. The van der Waals surface area contributed by atoms with E-state index in [9.17, 15) is 0 Å². The fraction of sp³-hybridized carbons (Fsp3) is 0.826. The maximum absolute atomic E-state index is 4.60. The summed E-state index contributed by atoms with van der Waals surface area (Å²) in [4.78, 5) is 0. The zero-order valence-corrected chi connectivity index (χ0v) is 32.4. The second kappa shape index (κ2) is 37.6. The number of nitrogens with zero attached hydrogens (tertiary/aromatic N) is 1. The minimum atomic E-state index is 1.15. The molecule has 0 aromatic heterocycles. The number of hydrogen-bond donors (Lipinski definition) is 0. The lowest BCUT2D eigenvalue weighted by Crippen LogP contribution is -1.89. The van der Waals surface area contributed by atoms with E-state index in [4.69, 9.17) is 0 Å². The van der Waals surface area contributed by atoms with Gasteiger partial charge in [0.15, 0.2) is 0 Å². The van der Waals surface area contributed by atoms with Gasteiger partial charge in [-0.2, -0.15) is 0 Å². The maximum Gasteiger partial charge on any atom is 0.0699 e. The lowest BCUT2D eigenvalue weighted by atomic mass is 10.0. The van der Waals surface area contributed by atoms with Crippen molar-refractivity contribution in [3.63, 3.8) is 0 Å². The van der Waals surface area contributed by atoms with Gasteiger partial charge in [-0.3, -0.25) is 5.32 Å². The van der Waals surface area contributed by atoms with Gasteiger partial charge in [-0.25, -0.2) is 0 Å². The van der Waals surface area contributed by atoms with Gasteiger partial charge >= 0.3 is 0 Å². The molecule has 0 saturated heterocycles. The van der Waals surface area contributed by atoms with Gasteiger partial charge in [-0.15, -0.1) is 0 Å². The quantitative estimate of drug-likeness (QED) is 0.0590. The van der Waals surface area contributed by atoms with E-state index in [0.29, 0.717) is 0 Å². The van der Waals surface area contributed by atoms with Crippen molar-refractivity contribution in [3.8, 4) is 0 Å². The van der Waals surface area contributed by atoms with Crippen molar-refractivity contribution >= 4 is 0 Å². The summed E-state index contributed by atoms with van der Waals surface area (Å²) in [5.74, 6) is 0. The standard InChI is InChI=1S/C46H84N/c1-3-5-7-9-11-13-15-17-19-21-23-25-27-29-31-33-35-37-39-41-45-43-44-47-46(45)42-40-38-36-34-32-30-28-26-24-22-20-18-16-14-12-10-8-6-4-2/h39-44H,3-38H2,1-2H3/b41-39+,42-40+. The van der Waals surface area contributed by atoms with Crippen LogP contribution in [0.2, 0.25) is 0 Å². The van der Waals surface area contributed by atoms with E-state index in [0.717, 1.165) is 5.70 Å². The van der Waals surface area contributed by atoms with Gasteiger partial charge in [-0.05, 0) is 37.8 Å². The Labute approximate surface area is 297 Å². The summed E-state index contributed by atoms with van der Waals surface area (Å²) in [5, 5.41) is 4.60. The average molecular weight is 651 g/mol. The minimum absolute atomic E-state index is 1.15. The Balaban J connectivity index is 1.86. The summed E-state index contributed by atoms with van der Waals surface area (Å²) in [5.41, 5.74) is 2.44. The molecule has 273 valence electrons. The van der Waals surface area contributed by atoms with Gasteiger partial charge in [0, 0.05) is 11.8 Å². The first-order valence-corrected chi connectivity index (χ1v) is 21.8. The highest BCUT2D eigenvalue weighted by Gasteiger charge is 2.04. The molecule has 0 fully saturated rings. The van der Waals surface area contributed by atoms with Crippen LogP contribution >= 0.6 is 0 Å². The van der Waals surface area contributed by atoms with Crippen LogP contribution in [-0.2, 0) is 0 Å². The van der Waals surface area contributed by atoms with Crippen molar-refractivity contribution in [1.82, 2.24) is 5.32 Å². The minimum Gasteiger partial charge on any atom is -0.256 e. The molecule has 47 heavy (non-hydrogen) atoms. The predicted molar refractivity (Wildman–Crippen MR) is 214 cm³/mol.